The lowest BCUT2D eigenvalue weighted by atomic mass is 10.1. The molecule has 1 aromatic carbocycles. The summed E-state index contributed by atoms with van der Waals surface area (Å²) in [5.74, 6) is 0.133. The summed E-state index contributed by atoms with van der Waals surface area (Å²) < 4.78 is 5.09. The van der Waals surface area contributed by atoms with Crippen molar-refractivity contribution in [2.45, 2.75) is 13.5 Å². The van der Waals surface area contributed by atoms with Crippen molar-refractivity contribution in [3.63, 3.8) is 0 Å². The largest absolute Gasteiger partial charge is 0.467 e. The Morgan fingerprint density at radius 1 is 1.04 bits per heavy atom. The molecule has 4 N–H and O–H groups in total. The molecule has 0 saturated carbocycles. The third-order valence-electron chi connectivity index (χ3n) is 3.13. The van der Waals surface area contributed by atoms with Gasteiger partial charge in [0.15, 0.2) is 0 Å². The fourth-order valence-corrected chi connectivity index (χ4v) is 1.87. The predicted molar refractivity (Wildman–Crippen MR) is 89.7 cm³/mol. The number of nitrogens with one attached hydrogen (secondary N) is 2. The van der Waals surface area contributed by atoms with Crippen molar-refractivity contribution in [2.24, 2.45) is 5.73 Å². The lowest BCUT2D eigenvalue weighted by Crippen LogP contribution is -2.34. The van der Waals surface area contributed by atoms with Gasteiger partial charge in [0.1, 0.15) is 12.0 Å². The van der Waals surface area contributed by atoms with E-state index in [4.69, 9.17) is 10.2 Å². The van der Waals surface area contributed by atoms with Crippen LogP contribution in [0.2, 0.25) is 0 Å². The molecule has 0 unspecified atom stereocenters. The van der Waals surface area contributed by atoms with Crippen LogP contribution in [0.5, 0.6) is 0 Å². The zero-order valence-corrected chi connectivity index (χ0v) is 13.6. The highest BCUT2D eigenvalue weighted by Crippen LogP contribution is 2.06. The van der Waals surface area contributed by atoms with Gasteiger partial charge < -0.3 is 20.8 Å². The van der Waals surface area contributed by atoms with Crippen molar-refractivity contribution >= 4 is 24.2 Å². The molecule has 2 aromatic rings. The van der Waals surface area contributed by atoms with Crippen molar-refractivity contribution < 1.29 is 14.0 Å². The minimum absolute atomic E-state index is 0. The van der Waals surface area contributed by atoms with Gasteiger partial charge in [0.05, 0.1) is 12.1 Å². The number of carbonyl (C=O) groups is 2. The second kappa shape index (κ2) is 8.97. The molecule has 0 aliphatic rings. The molecular weight excluding hydrogens is 318 g/mol. The Morgan fingerprint density at radius 2 is 1.61 bits per heavy atom. The fraction of sp³-hybridized carbons (Fsp3) is 0.250. The molecule has 0 aliphatic heterocycles. The molecule has 124 valence electrons. The lowest BCUT2D eigenvalue weighted by molar-refractivity contribution is 0.0927. The maximum absolute atomic E-state index is 11.9. The van der Waals surface area contributed by atoms with Gasteiger partial charge in [0.2, 0.25) is 0 Å². The highest BCUT2D eigenvalue weighted by molar-refractivity contribution is 5.95. The van der Waals surface area contributed by atoms with Crippen LogP contribution in [0.15, 0.2) is 41.0 Å². The summed E-state index contributed by atoms with van der Waals surface area (Å²) in [5, 5.41) is 5.44. The molecule has 23 heavy (non-hydrogen) atoms. The topological polar surface area (TPSA) is 97.4 Å². The first-order valence-corrected chi connectivity index (χ1v) is 7.00. The third kappa shape index (κ3) is 5.43. The smallest absolute Gasteiger partial charge is 0.254 e. The molecule has 0 saturated heterocycles. The van der Waals surface area contributed by atoms with Crippen LogP contribution in [0.1, 0.15) is 32.0 Å². The number of amides is 2. The second-order valence-corrected chi connectivity index (χ2v) is 4.88. The third-order valence-corrected chi connectivity index (χ3v) is 3.13. The predicted octanol–water partition coefficient (Wildman–Crippen LogP) is 1.63. The SMILES string of the molecule is Cc1ccc(C(=O)NCCNC(=O)c2coc(CN)c2)cc1.Cl. The Kier molecular flexibility index (Phi) is 7.31. The van der Waals surface area contributed by atoms with Gasteiger partial charge in [-0.15, -0.1) is 12.4 Å². The Labute approximate surface area is 140 Å². The highest BCUT2D eigenvalue weighted by Gasteiger charge is 2.09. The average molecular weight is 338 g/mol. The Hall–Kier alpha value is -2.31. The first kappa shape index (κ1) is 18.7. The summed E-state index contributed by atoms with van der Waals surface area (Å²) in [4.78, 5) is 23.7. The van der Waals surface area contributed by atoms with Gasteiger partial charge >= 0.3 is 0 Å². The molecule has 0 bridgehead atoms. The second-order valence-electron chi connectivity index (χ2n) is 4.88. The molecule has 6 nitrogen and oxygen atoms in total. The highest BCUT2D eigenvalue weighted by atomic mass is 35.5. The zero-order valence-electron chi connectivity index (χ0n) is 12.8. The molecule has 2 amide bonds. The van der Waals surface area contributed by atoms with Crippen LogP contribution < -0.4 is 16.4 Å². The molecule has 0 fully saturated rings. The number of hydrogen-bond donors (Lipinski definition) is 3. The summed E-state index contributed by atoms with van der Waals surface area (Å²) in [6.07, 6.45) is 1.36. The number of hydrogen-bond acceptors (Lipinski definition) is 4. The van der Waals surface area contributed by atoms with E-state index in [0.29, 0.717) is 30.0 Å². The van der Waals surface area contributed by atoms with E-state index in [2.05, 4.69) is 10.6 Å². The number of carbonyl (C=O) groups excluding carboxylic acids is 2. The number of rotatable bonds is 6. The lowest BCUT2D eigenvalue weighted by Gasteiger charge is -2.06. The Balaban J connectivity index is 0.00000264. The van der Waals surface area contributed by atoms with E-state index in [1.54, 1.807) is 18.2 Å². The van der Waals surface area contributed by atoms with Crippen LogP contribution in [-0.4, -0.2) is 24.9 Å². The Morgan fingerprint density at radius 3 is 2.13 bits per heavy atom. The van der Waals surface area contributed by atoms with Crippen LogP contribution in [0, 0.1) is 6.92 Å². The van der Waals surface area contributed by atoms with Crippen LogP contribution in [0.4, 0.5) is 0 Å². The average Bonchev–Trinajstić information content (AvgIpc) is 3.01. The van der Waals surface area contributed by atoms with E-state index in [0.717, 1.165) is 5.56 Å². The van der Waals surface area contributed by atoms with Crippen LogP contribution in [-0.2, 0) is 6.54 Å². The van der Waals surface area contributed by atoms with E-state index in [1.807, 2.05) is 19.1 Å². The van der Waals surface area contributed by atoms with Gasteiger partial charge in [0, 0.05) is 18.7 Å². The van der Waals surface area contributed by atoms with Crippen LogP contribution in [0.3, 0.4) is 0 Å². The first-order valence-electron chi connectivity index (χ1n) is 7.00. The molecule has 7 heteroatoms. The standard InChI is InChI=1S/C16H19N3O3.ClH/c1-11-2-4-12(5-3-11)15(20)18-6-7-19-16(21)13-8-14(9-17)22-10-13;/h2-5,8,10H,6-7,9,17H2,1H3,(H,18,20)(H,19,21);1H. The number of benzene rings is 1. The number of halogens is 1. The molecule has 1 aromatic heterocycles. The fourth-order valence-electron chi connectivity index (χ4n) is 1.87. The van der Waals surface area contributed by atoms with Crippen molar-refractivity contribution in [1.29, 1.82) is 0 Å². The molecule has 0 spiro atoms. The minimum Gasteiger partial charge on any atom is -0.467 e. The van der Waals surface area contributed by atoms with Gasteiger partial charge in [-0.25, -0.2) is 0 Å². The van der Waals surface area contributed by atoms with Crippen LogP contribution >= 0.6 is 12.4 Å². The summed E-state index contributed by atoms with van der Waals surface area (Å²) in [6, 6.07) is 8.89. The van der Waals surface area contributed by atoms with Crippen molar-refractivity contribution in [3.8, 4) is 0 Å². The minimum atomic E-state index is -0.256. The van der Waals surface area contributed by atoms with E-state index in [9.17, 15) is 9.59 Å². The summed E-state index contributed by atoms with van der Waals surface area (Å²) in [7, 11) is 0. The molecular formula is C16H20ClN3O3. The molecule has 0 atom stereocenters. The van der Waals surface area contributed by atoms with Crippen molar-refractivity contribution in [2.75, 3.05) is 13.1 Å². The molecule has 0 aliphatic carbocycles. The Bertz CT molecular complexity index is 653. The number of nitrogens with two attached hydrogens (primary N) is 1. The van der Waals surface area contributed by atoms with Crippen LogP contribution in [0.25, 0.3) is 0 Å². The van der Waals surface area contributed by atoms with Gasteiger partial charge in [0.25, 0.3) is 11.8 Å². The van der Waals surface area contributed by atoms with Gasteiger partial charge in [-0.2, -0.15) is 0 Å². The monoisotopic (exact) mass is 337 g/mol. The molecule has 0 radical (unpaired) electrons. The van der Waals surface area contributed by atoms with E-state index >= 15 is 0 Å². The molecule has 1 heterocycles. The van der Waals surface area contributed by atoms with E-state index in [-0.39, 0.29) is 30.8 Å². The number of aryl methyl sites for hydroxylation is 1. The first-order chi connectivity index (χ1) is 10.6. The van der Waals surface area contributed by atoms with E-state index in [1.165, 1.54) is 6.26 Å². The maximum atomic E-state index is 11.9. The van der Waals surface area contributed by atoms with Crippen molar-refractivity contribution in [3.05, 3.63) is 59.0 Å². The van der Waals surface area contributed by atoms with E-state index < -0.39 is 0 Å². The van der Waals surface area contributed by atoms with Gasteiger partial charge in [-0.05, 0) is 25.1 Å². The zero-order chi connectivity index (χ0) is 15.9. The van der Waals surface area contributed by atoms with Crippen molar-refractivity contribution in [1.82, 2.24) is 10.6 Å². The molecule has 2 rings (SSSR count). The summed E-state index contributed by atoms with van der Waals surface area (Å²) in [5.41, 5.74) is 7.53. The van der Waals surface area contributed by atoms with Gasteiger partial charge in [-0.1, -0.05) is 17.7 Å². The maximum Gasteiger partial charge on any atom is 0.254 e. The summed E-state index contributed by atoms with van der Waals surface area (Å²) >= 11 is 0. The van der Waals surface area contributed by atoms with Gasteiger partial charge in [-0.3, -0.25) is 9.59 Å². The quantitative estimate of drug-likeness (QED) is 0.698. The number of furan rings is 1. The summed E-state index contributed by atoms with van der Waals surface area (Å²) in [6.45, 7) is 2.89. The normalized spacial score (nSPS) is 9.83.